The standard InChI is InChI=1S/C26H49N3O7/c1-23(2)7-5-6-9-29-21-25(27-28-29)22-36-20-19-35-18-17-34-16-15-33-14-13-32-12-11-31-10-8-26(30)24(3)4/h21,23-24H,5-20,22H2,1-4H3. The van der Waals surface area contributed by atoms with E-state index in [9.17, 15) is 4.79 Å². The van der Waals surface area contributed by atoms with E-state index in [-0.39, 0.29) is 11.7 Å². The van der Waals surface area contributed by atoms with E-state index in [1.165, 1.54) is 12.8 Å². The van der Waals surface area contributed by atoms with Gasteiger partial charge in [-0.15, -0.1) is 5.10 Å². The van der Waals surface area contributed by atoms with Gasteiger partial charge in [0.25, 0.3) is 0 Å². The molecule has 0 aromatic carbocycles. The molecular weight excluding hydrogens is 466 g/mol. The van der Waals surface area contributed by atoms with Gasteiger partial charge in [0.15, 0.2) is 0 Å². The van der Waals surface area contributed by atoms with Gasteiger partial charge in [-0.05, 0) is 12.3 Å². The number of aromatic nitrogens is 3. The molecule has 1 aromatic heterocycles. The van der Waals surface area contributed by atoms with Crippen molar-refractivity contribution in [1.82, 2.24) is 15.0 Å². The summed E-state index contributed by atoms with van der Waals surface area (Å²) >= 11 is 0. The van der Waals surface area contributed by atoms with Crippen LogP contribution in [0.15, 0.2) is 6.20 Å². The first kappa shape index (κ1) is 32.6. The smallest absolute Gasteiger partial charge is 0.137 e. The van der Waals surface area contributed by atoms with Crippen molar-refractivity contribution >= 4 is 5.78 Å². The monoisotopic (exact) mass is 515 g/mol. The molecular formula is C26H49N3O7. The Morgan fingerprint density at radius 1 is 0.750 bits per heavy atom. The Kier molecular flexibility index (Phi) is 20.6. The summed E-state index contributed by atoms with van der Waals surface area (Å²) in [4.78, 5) is 11.4. The van der Waals surface area contributed by atoms with E-state index in [0.717, 1.165) is 24.6 Å². The van der Waals surface area contributed by atoms with Crippen molar-refractivity contribution in [3.8, 4) is 0 Å². The van der Waals surface area contributed by atoms with Crippen LogP contribution in [0.1, 0.15) is 59.1 Å². The molecule has 0 N–H and O–H groups in total. The highest BCUT2D eigenvalue weighted by molar-refractivity contribution is 5.80. The number of carbonyl (C=O) groups excluding carboxylic acids is 1. The van der Waals surface area contributed by atoms with Crippen molar-refractivity contribution in [2.75, 3.05) is 72.7 Å². The van der Waals surface area contributed by atoms with Crippen LogP contribution in [-0.2, 0) is 46.4 Å². The van der Waals surface area contributed by atoms with E-state index >= 15 is 0 Å². The maximum atomic E-state index is 11.4. The third-order valence-corrected chi connectivity index (χ3v) is 5.25. The Morgan fingerprint density at radius 2 is 1.25 bits per heavy atom. The number of ketones is 1. The summed E-state index contributed by atoms with van der Waals surface area (Å²) in [6.07, 6.45) is 6.00. The second-order valence-electron chi connectivity index (χ2n) is 9.35. The quantitative estimate of drug-likeness (QED) is 0.172. The zero-order chi connectivity index (χ0) is 26.3. The molecule has 0 atom stereocenters. The third-order valence-electron chi connectivity index (χ3n) is 5.25. The van der Waals surface area contributed by atoms with E-state index in [1.54, 1.807) is 0 Å². The summed E-state index contributed by atoms with van der Waals surface area (Å²) < 4.78 is 34.7. The fourth-order valence-electron chi connectivity index (χ4n) is 3.08. The van der Waals surface area contributed by atoms with Crippen LogP contribution in [0.25, 0.3) is 0 Å². The van der Waals surface area contributed by atoms with Gasteiger partial charge in [0.05, 0.1) is 85.5 Å². The lowest BCUT2D eigenvalue weighted by atomic mass is 10.1. The molecule has 0 aliphatic rings. The van der Waals surface area contributed by atoms with Crippen LogP contribution in [0.4, 0.5) is 0 Å². The van der Waals surface area contributed by atoms with E-state index < -0.39 is 0 Å². The number of carbonyl (C=O) groups is 1. The van der Waals surface area contributed by atoms with Crippen LogP contribution in [0, 0.1) is 11.8 Å². The second kappa shape index (κ2) is 22.7. The fraction of sp³-hybridized carbons (Fsp3) is 0.885. The minimum Gasteiger partial charge on any atom is -0.379 e. The van der Waals surface area contributed by atoms with E-state index in [1.807, 2.05) is 24.7 Å². The first-order chi connectivity index (χ1) is 17.5. The zero-order valence-electron chi connectivity index (χ0n) is 23.0. The van der Waals surface area contributed by atoms with Gasteiger partial charge < -0.3 is 28.4 Å². The average molecular weight is 516 g/mol. The van der Waals surface area contributed by atoms with Crippen molar-refractivity contribution in [2.24, 2.45) is 11.8 Å². The van der Waals surface area contributed by atoms with Crippen LogP contribution in [-0.4, -0.2) is 93.5 Å². The molecule has 0 fully saturated rings. The molecule has 0 spiro atoms. The van der Waals surface area contributed by atoms with Gasteiger partial charge in [-0.1, -0.05) is 45.7 Å². The molecule has 0 unspecified atom stereocenters. The summed E-state index contributed by atoms with van der Waals surface area (Å²) in [6.45, 7) is 15.2. The largest absolute Gasteiger partial charge is 0.379 e. The number of nitrogens with zero attached hydrogens (tertiary/aromatic N) is 3. The number of ether oxygens (including phenoxy) is 6. The Hall–Kier alpha value is -1.43. The Balaban J connectivity index is 1.77. The van der Waals surface area contributed by atoms with Crippen LogP contribution in [0.5, 0.6) is 0 Å². The zero-order valence-corrected chi connectivity index (χ0v) is 23.0. The number of unbranched alkanes of at least 4 members (excludes halogenated alkanes) is 1. The third kappa shape index (κ3) is 19.7. The molecule has 1 rings (SSSR count). The van der Waals surface area contributed by atoms with Crippen molar-refractivity contribution in [3.05, 3.63) is 11.9 Å². The highest BCUT2D eigenvalue weighted by Gasteiger charge is 2.06. The molecule has 10 heteroatoms. The Bertz CT molecular complexity index is 641. The van der Waals surface area contributed by atoms with Gasteiger partial charge in [0.2, 0.25) is 0 Å². The molecule has 10 nitrogen and oxygen atoms in total. The molecule has 1 heterocycles. The maximum Gasteiger partial charge on any atom is 0.137 e. The second-order valence-corrected chi connectivity index (χ2v) is 9.35. The molecule has 0 aliphatic heterocycles. The number of rotatable bonds is 26. The van der Waals surface area contributed by atoms with Crippen molar-refractivity contribution in [2.45, 2.75) is 66.5 Å². The van der Waals surface area contributed by atoms with E-state index in [4.69, 9.17) is 28.4 Å². The predicted molar refractivity (Wildman–Crippen MR) is 137 cm³/mol. The first-order valence-electron chi connectivity index (χ1n) is 13.4. The Labute approximate surface area is 217 Å². The lowest BCUT2D eigenvalue weighted by Gasteiger charge is -2.08. The van der Waals surface area contributed by atoms with Crippen molar-refractivity contribution in [1.29, 1.82) is 0 Å². The molecule has 0 saturated heterocycles. The lowest BCUT2D eigenvalue weighted by Crippen LogP contribution is -2.15. The van der Waals surface area contributed by atoms with Gasteiger partial charge in [-0.3, -0.25) is 9.48 Å². The number of Topliss-reactive ketones (excluding diaryl/α,β-unsaturated/α-hetero) is 1. The van der Waals surface area contributed by atoms with Gasteiger partial charge in [0.1, 0.15) is 11.5 Å². The molecule has 210 valence electrons. The minimum atomic E-state index is 0.0675. The van der Waals surface area contributed by atoms with Crippen LogP contribution < -0.4 is 0 Å². The van der Waals surface area contributed by atoms with Crippen LogP contribution >= 0.6 is 0 Å². The fourth-order valence-corrected chi connectivity index (χ4v) is 3.08. The number of aryl methyl sites for hydroxylation is 1. The van der Waals surface area contributed by atoms with Gasteiger partial charge in [-0.25, -0.2) is 0 Å². The predicted octanol–water partition coefficient (Wildman–Crippen LogP) is 3.32. The van der Waals surface area contributed by atoms with Gasteiger partial charge in [-0.2, -0.15) is 0 Å². The van der Waals surface area contributed by atoms with Crippen LogP contribution in [0.3, 0.4) is 0 Å². The maximum absolute atomic E-state index is 11.4. The number of hydrogen-bond donors (Lipinski definition) is 0. The summed E-state index contributed by atoms with van der Waals surface area (Å²) in [6, 6.07) is 0. The SMILES string of the molecule is CC(C)CCCCn1cc(COCCOCCOCCOCCOCCOCCC(=O)C(C)C)nn1. The van der Waals surface area contributed by atoms with Crippen LogP contribution in [0.2, 0.25) is 0 Å². The van der Waals surface area contributed by atoms with Crippen molar-refractivity contribution < 1.29 is 33.2 Å². The number of hydrogen-bond acceptors (Lipinski definition) is 9. The average Bonchev–Trinajstić information content (AvgIpc) is 3.30. The summed E-state index contributed by atoms with van der Waals surface area (Å²) in [5.74, 6) is 1.04. The Morgan fingerprint density at radius 3 is 1.75 bits per heavy atom. The molecule has 0 aliphatic carbocycles. The highest BCUT2D eigenvalue weighted by atomic mass is 16.6. The van der Waals surface area contributed by atoms with Gasteiger partial charge >= 0.3 is 0 Å². The highest BCUT2D eigenvalue weighted by Crippen LogP contribution is 2.07. The normalized spacial score (nSPS) is 11.7. The minimum absolute atomic E-state index is 0.0675. The molecule has 0 bridgehead atoms. The van der Waals surface area contributed by atoms with E-state index in [0.29, 0.717) is 85.7 Å². The van der Waals surface area contributed by atoms with Gasteiger partial charge in [0, 0.05) is 18.9 Å². The summed E-state index contributed by atoms with van der Waals surface area (Å²) in [7, 11) is 0. The summed E-state index contributed by atoms with van der Waals surface area (Å²) in [5.41, 5.74) is 0.843. The summed E-state index contributed by atoms with van der Waals surface area (Å²) in [5, 5.41) is 8.29. The molecule has 1 aromatic rings. The molecule has 0 saturated carbocycles. The molecule has 36 heavy (non-hydrogen) atoms. The van der Waals surface area contributed by atoms with Crippen molar-refractivity contribution in [3.63, 3.8) is 0 Å². The van der Waals surface area contributed by atoms with E-state index in [2.05, 4.69) is 24.2 Å². The lowest BCUT2D eigenvalue weighted by molar-refractivity contribution is -0.123. The molecule has 0 radical (unpaired) electrons. The molecule has 0 amide bonds. The topological polar surface area (TPSA) is 103 Å². The first-order valence-corrected chi connectivity index (χ1v) is 13.4.